The second-order valence-electron chi connectivity index (χ2n) is 16.7. The highest BCUT2D eigenvalue weighted by atomic mass is 16.7. The largest absolute Gasteiger partial charge is 0.469 e. The van der Waals surface area contributed by atoms with E-state index in [1.165, 1.54) is 18.9 Å². The maximum Gasteiger partial charge on any atom is 0.172 e. The van der Waals surface area contributed by atoms with Gasteiger partial charge in [-0.2, -0.15) is 0 Å². The van der Waals surface area contributed by atoms with E-state index in [1.54, 1.807) is 27.0 Å². The predicted molar refractivity (Wildman–Crippen MR) is 190 cm³/mol. The van der Waals surface area contributed by atoms with Crippen molar-refractivity contribution in [3.8, 4) is 0 Å². The molecular formula is C40H60O14. The fourth-order valence-corrected chi connectivity index (χ4v) is 10.4. The zero-order chi connectivity index (χ0) is 38.7. The summed E-state index contributed by atoms with van der Waals surface area (Å²) < 4.78 is 54.1. The summed E-state index contributed by atoms with van der Waals surface area (Å²) in [5, 5.41) is 44.6. The van der Waals surface area contributed by atoms with E-state index < -0.39 is 97.0 Å². The number of methoxy groups -OCH3 is 2. The molecule has 6 aliphatic rings. The average molecular weight is 765 g/mol. The van der Waals surface area contributed by atoms with Crippen molar-refractivity contribution in [2.45, 2.75) is 178 Å². The molecule has 7 rings (SSSR count). The van der Waals surface area contributed by atoms with Gasteiger partial charge in [0.25, 0.3) is 0 Å². The van der Waals surface area contributed by atoms with Gasteiger partial charge in [0.05, 0.1) is 55.1 Å². The highest BCUT2D eigenvalue weighted by Gasteiger charge is 2.58. The number of aryl methyl sites for hydroxylation is 1. The van der Waals surface area contributed by atoms with Gasteiger partial charge in [-0.05, 0) is 77.2 Å². The lowest BCUT2D eigenvalue weighted by molar-refractivity contribution is -0.338. The molecule has 0 spiro atoms. The predicted octanol–water partition coefficient (Wildman–Crippen LogP) is 3.17. The van der Waals surface area contributed by atoms with Gasteiger partial charge in [0.1, 0.15) is 24.1 Å². The number of rotatable bonds is 9. The van der Waals surface area contributed by atoms with Crippen molar-refractivity contribution in [1.29, 1.82) is 0 Å². The first-order chi connectivity index (χ1) is 25.7. The molecular weight excluding hydrogens is 704 g/mol. The molecule has 0 unspecified atom stereocenters. The van der Waals surface area contributed by atoms with Gasteiger partial charge in [-0.3, -0.25) is 4.79 Å². The highest BCUT2D eigenvalue weighted by molar-refractivity contribution is 5.92. The lowest BCUT2D eigenvalue weighted by Gasteiger charge is -2.55. The number of hydrogen-bond donors (Lipinski definition) is 4. The Labute approximate surface area is 317 Å². The highest BCUT2D eigenvalue weighted by Crippen LogP contribution is 2.58. The Morgan fingerprint density at radius 2 is 1.44 bits per heavy atom. The summed E-state index contributed by atoms with van der Waals surface area (Å²) >= 11 is 0. The number of aliphatic hydroxyl groups is 4. The van der Waals surface area contributed by atoms with Crippen LogP contribution in [-0.4, -0.2) is 126 Å². The van der Waals surface area contributed by atoms with Crippen molar-refractivity contribution in [1.82, 2.24) is 0 Å². The third kappa shape index (κ3) is 7.40. The number of allylic oxidation sites excluding steroid dienone is 1. The number of aliphatic hydroxyl groups excluding tert-OH is 3. The minimum atomic E-state index is -1.56. The summed E-state index contributed by atoms with van der Waals surface area (Å²) in [6.45, 7) is 9.36. The molecule has 0 bridgehead atoms. The molecule has 0 amide bonds. The molecule has 1 aromatic heterocycles. The van der Waals surface area contributed by atoms with E-state index in [0.29, 0.717) is 56.3 Å². The van der Waals surface area contributed by atoms with E-state index in [9.17, 15) is 25.2 Å². The summed E-state index contributed by atoms with van der Waals surface area (Å²) in [7, 11) is 3.15. The third-order valence-corrected chi connectivity index (χ3v) is 13.5. The summed E-state index contributed by atoms with van der Waals surface area (Å²) in [4.78, 5) is 13.9. The van der Waals surface area contributed by atoms with Gasteiger partial charge >= 0.3 is 0 Å². The Morgan fingerprint density at radius 3 is 2.11 bits per heavy atom. The molecule has 1 aromatic rings. The molecule has 304 valence electrons. The lowest BCUT2D eigenvalue weighted by Crippen LogP contribution is -2.57. The van der Waals surface area contributed by atoms with Crippen LogP contribution in [0.3, 0.4) is 0 Å². The second-order valence-corrected chi connectivity index (χ2v) is 16.7. The van der Waals surface area contributed by atoms with Gasteiger partial charge in [0, 0.05) is 45.0 Å². The number of carbonyl (C=O) groups is 1. The molecule has 2 saturated carbocycles. The summed E-state index contributed by atoms with van der Waals surface area (Å²) in [6.07, 6.45) is -1.61. The first-order valence-electron chi connectivity index (χ1n) is 19.7. The fourth-order valence-electron chi connectivity index (χ4n) is 10.4. The van der Waals surface area contributed by atoms with E-state index in [4.69, 9.17) is 42.3 Å². The molecule has 3 aliphatic heterocycles. The normalized spacial score (nSPS) is 48.5. The fraction of sp³-hybridized carbons (Fsp3) is 0.825. The van der Waals surface area contributed by atoms with E-state index in [0.717, 1.165) is 0 Å². The van der Waals surface area contributed by atoms with Crippen LogP contribution in [0, 0.1) is 24.2 Å². The first-order valence-corrected chi connectivity index (χ1v) is 19.7. The molecule has 4 N–H and O–H groups in total. The standard InChI is InChI=1S/C40H60O14/c1-19-25(11-13-48-19)40(45)12-10-26-24(38(40)44)9-8-23-14-29(28(42)18-39(23,26)5)52-33-17-31(47-7)37(22(4)51-33)54-32-15-27(41)36(21(3)50-32)53-34-16-30(46-6)35(43)20(2)49-34/h8,11,13,20-22,24,26-37,41-43,45H,9-10,12,14-18H2,1-7H3/t20-,21+,22+,24+,26-,27-,28+,29+,30-,31-,32-,33-,34-,35-,36+,37+,39-,40-/m0/s1. The quantitative estimate of drug-likeness (QED) is 0.269. The van der Waals surface area contributed by atoms with E-state index in [2.05, 4.69) is 13.0 Å². The number of carbonyl (C=O) groups excluding carboxylic acids is 1. The number of hydrogen-bond acceptors (Lipinski definition) is 14. The lowest BCUT2D eigenvalue weighted by atomic mass is 9.51. The summed E-state index contributed by atoms with van der Waals surface area (Å²) in [5.74, 6) is 0.0491. The molecule has 3 aliphatic carbocycles. The number of furan rings is 1. The summed E-state index contributed by atoms with van der Waals surface area (Å²) in [5.41, 5.74) is -0.237. The zero-order valence-electron chi connectivity index (χ0n) is 32.5. The maximum absolute atomic E-state index is 13.9. The summed E-state index contributed by atoms with van der Waals surface area (Å²) in [6, 6.07) is 1.70. The molecule has 0 aromatic carbocycles. The monoisotopic (exact) mass is 764 g/mol. The van der Waals surface area contributed by atoms with Crippen LogP contribution in [0.2, 0.25) is 0 Å². The van der Waals surface area contributed by atoms with Crippen molar-refractivity contribution in [2.24, 2.45) is 17.3 Å². The third-order valence-electron chi connectivity index (χ3n) is 13.5. The smallest absolute Gasteiger partial charge is 0.172 e. The topological polar surface area (TPSA) is 185 Å². The van der Waals surface area contributed by atoms with E-state index in [1.807, 2.05) is 13.8 Å². The van der Waals surface area contributed by atoms with Crippen LogP contribution in [0.15, 0.2) is 28.4 Å². The Bertz CT molecular complexity index is 1490. The zero-order valence-corrected chi connectivity index (χ0v) is 32.5. The number of fused-ring (bicyclic) bond motifs is 3. The number of ketones is 1. The number of ether oxygens (including phenoxy) is 8. The van der Waals surface area contributed by atoms with E-state index >= 15 is 0 Å². The van der Waals surface area contributed by atoms with E-state index in [-0.39, 0.29) is 24.0 Å². The van der Waals surface area contributed by atoms with Crippen LogP contribution in [0.1, 0.15) is 90.4 Å². The first kappa shape index (κ1) is 40.4. The Hall–Kier alpha value is -1.79. The van der Waals surface area contributed by atoms with Gasteiger partial charge < -0.3 is 62.7 Å². The van der Waals surface area contributed by atoms with Crippen LogP contribution >= 0.6 is 0 Å². The molecule has 0 radical (unpaired) electrons. The van der Waals surface area contributed by atoms with Crippen molar-refractivity contribution in [3.05, 3.63) is 35.3 Å². The van der Waals surface area contributed by atoms with Crippen molar-refractivity contribution >= 4 is 5.78 Å². The molecule has 14 heteroatoms. The van der Waals surface area contributed by atoms with Crippen molar-refractivity contribution in [3.63, 3.8) is 0 Å². The van der Waals surface area contributed by atoms with Crippen molar-refractivity contribution in [2.75, 3.05) is 14.2 Å². The van der Waals surface area contributed by atoms with Gasteiger partial charge in [0.15, 0.2) is 30.3 Å². The second kappa shape index (κ2) is 15.9. The Kier molecular flexibility index (Phi) is 11.9. The maximum atomic E-state index is 13.9. The number of Topliss-reactive ketones (excluding diaryl/α,β-unsaturated/α-hetero) is 1. The van der Waals surface area contributed by atoms with Crippen LogP contribution in [-0.2, 0) is 48.3 Å². The van der Waals surface area contributed by atoms with Crippen LogP contribution in [0.25, 0.3) is 0 Å². The van der Waals surface area contributed by atoms with Crippen LogP contribution < -0.4 is 0 Å². The molecule has 4 heterocycles. The molecule has 5 fully saturated rings. The molecule has 18 atom stereocenters. The average Bonchev–Trinajstić information content (AvgIpc) is 3.57. The molecule has 14 nitrogen and oxygen atoms in total. The SMILES string of the molecule is CO[C@H]1C[C@H](O[C@H]2[C@@H](O)C[C@H](O[C@H]3[C@@H](OC)C[C@H](O[C@@H]4CC5=CC[C@H]6C(=O)[C@@](O)(c7ccoc7C)CC[C@@H]6[C@@]5(C)C[C@H]4O)O[C@@H]3C)O[C@@H]2C)O[C@@H](C)[C@@H]1O. The molecule has 3 saturated heterocycles. The van der Waals surface area contributed by atoms with Gasteiger partial charge in [-0.1, -0.05) is 18.6 Å². The van der Waals surface area contributed by atoms with Gasteiger partial charge in [0.2, 0.25) is 0 Å². The van der Waals surface area contributed by atoms with Crippen LogP contribution in [0.4, 0.5) is 0 Å². The Balaban J connectivity index is 0.940. The Morgan fingerprint density at radius 1 is 0.815 bits per heavy atom. The van der Waals surface area contributed by atoms with Gasteiger partial charge in [-0.25, -0.2) is 0 Å². The minimum absolute atomic E-state index is 0.00114. The minimum Gasteiger partial charge on any atom is -0.469 e. The van der Waals surface area contributed by atoms with Crippen LogP contribution in [0.5, 0.6) is 0 Å². The molecule has 54 heavy (non-hydrogen) atoms. The van der Waals surface area contributed by atoms with Gasteiger partial charge in [-0.15, -0.1) is 0 Å². The van der Waals surface area contributed by atoms with Crippen molar-refractivity contribution < 1.29 is 67.5 Å².